The maximum Gasteiger partial charge on any atom is 0.265 e. The van der Waals surface area contributed by atoms with Gasteiger partial charge in [0.1, 0.15) is 12.4 Å². The lowest BCUT2D eigenvalue weighted by atomic mass is 10.2. The van der Waals surface area contributed by atoms with Crippen LogP contribution >= 0.6 is 34.8 Å². The molecule has 0 spiro atoms. The van der Waals surface area contributed by atoms with Crippen molar-refractivity contribution >= 4 is 46.8 Å². The monoisotopic (exact) mass is 295 g/mol. The molecule has 17 heavy (non-hydrogen) atoms. The van der Waals surface area contributed by atoms with Gasteiger partial charge in [-0.3, -0.25) is 5.41 Å². The van der Waals surface area contributed by atoms with Crippen LogP contribution in [-0.2, 0) is 4.74 Å². The van der Waals surface area contributed by atoms with E-state index in [0.717, 1.165) is 0 Å². The first-order chi connectivity index (χ1) is 7.89. The van der Waals surface area contributed by atoms with E-state index in [1.54, 1.807) is 24.3 Å². The molecular formula is C11H9Cl3FNO. The average Bonchev–Trinajstić information content (AvgIpc) is 2.23. The van der Waals surface area contributed by atoms with E-state index in [2.05, 4.69) is 0 Å². The van der Waals surface area contributed by atoms with Gasteiger partial charge in [0.25, 0.3) is 3.79 Å². The van der Waals surface area contributed by atoms with Gasteiger partial charge in [-0.25, -0.2) is 4.39 Å². The Morgan fingerprint density at radius 3 is 2.71 bits per heavy atom. The van der Waals surface area contributed by atoms with Crippen LogP contribution in [0.25, 0.3) is 6.08 Å². The van der Waals surface area contributed by atoms with Crippen LogP contribution < -0.4 is 0 Å². The molecule has 0 bridgehead atoms. The molecule has 1 N–H and O–H groups in total. The molecule has 0 radical (unpaired) electrons. The van der Waals surface area contributed by atoms with Crippen LogP contribution in [0.2, 0.25) is 0 Å². The molecule has 1 aromatic carbocycles. The summed E-state index contributed by atoms with van der Waals surface area (Å²) in [5, 5.41) is 7.25. The first-order valence-electron chi connectivity index (χ1n) is 4.60. The standard InChI is InChI=1S/C11H9Cl3FNO/c12-11(13,14)10(16)17-6-2-4-8-3-1-5-9(15)7-8/h1-5,7,16H,6H2/b4-2+,16-10?. The Hall–Kier alpha value is -0.770. The van der Waals surface area contributed by atoms with E-state index in [1.807, 2.05) is 0 Å². The zero-order valence-corrected chi connectivity index (χ0v) is 10.9. The number of benzene rings is 1. The van der Waals surface area contributed by atoms with Crippen molar-refractivity contribution in [3.63, 3.8) is 0 Å². The van der Waals surface area contributed by atoms with Gasteiger partial charge < -0.3 is 4.74 Å². The van der Waals surface area contributed by atoms with Crippen LogP contribution in [0, 0.1) is 11.2 Å². The SMILES string of the molecule is N=C(OC/C=C/c1cccc(F)c1)C(Cl)(Cl)Cl. The molecule has 0 fully saturated rings. The van der Waals surface area contributed by atoms with Crippen molar-refractivity contribution in [3.8, 4) is 0 Å². The van der Waals surface area contributed by atoms with Gasteiger partial charge in [0.05, 0.1) is 0 Å². The maximum absolute atomic E-state index is 12.8. The lowest BCUT2D eigenvalue weighted by molar-refractivity contribution is 0.341. The minimum atomic E-state index is -1.85. The average molecular weight is 297 g/mol. The molecule has 0 atom stereocenters. The predicted molar refractivity (Wildman–Crippen MR) is 69.4 cm³/mol. The molecule has 0 aromatic heterocycles. The normalized spacial score (nSPS) is 11.8. The molecule has 1 aromatic rings. The summed E-state index contributed by atoms with van der Waals surface area (Å²) in [5.41, 5.74) is 0.689. The molecule has 2 nitrogen and oxygen atoms in total. The maximum atomic E-state index is 12.8. The molecule has 6 heteroatoms. The summed E-state index contributed by atoms with van der Waals surface area (Å²) >= 11 is 16.2. The van der Waals surface area contributed by atoms with Crippen molar-refractivity contribution in [1.29, 1.82) is 5.41 Å². The molecule has 0 saturated heterocycles. The first kappa shape index (κ1) is 14.3. The molecule has 0 unspecified atom stereocenters. The Labute approximate surface area is 113 Å². The minimum absolute atomic E-state index is 0.0727. The van der Waals surface area contributed by atoms with Crippen LogP contribution in [0.15, 0.2) is 30.3 Å². The number of hydrogen-bond acceptors (Lipinski definition) is 2. The largest absolute Gasteiger partial charge is 0.474 e. The second-order valence-corrected chi connectivity index (χ2v) is 5.38. The Morgan fingerprint density at radius 1 is 1.41 bits per heavy atom. The number of nitrogens with one attached hydrogen (secondary N) is 1. The van der Waals surface area contributed by atoms with Crippen LogP contribution in [0.4, 0.5) is 4.39 Å². The third-order valence-corrected chi connectivity index (χ3v) is 2.26. The van der Waals surface area contributed by atoms with Gasteiger partial charge in [0, 0.05) is 0 Å². The van der Waals surface area contributed by atoms with E-state index in [1.165, 1.54) is 12.1 Å². The van der Waals surface area contributed by atoms with Gasteiger partial charge in [0.15, 0.2) is 0 Å². The van der Waals surface area contributed by atoms with E-state index in [0.29, 0.717) is 5.56 Å². The molecule has 1 rings (SSSR count). The summed E-state index contributed by atoms with van der Waals surface area (Å²) < 4.78 is 15.8. The summed E-state index contributed by atoms with van der Waals surface area (Å²) in [6.45, 7) is 0.0727. The highest BCUT2D eigenvalue weighted by Gasteiger charge is 2.28. The Balaban J connectivity index is 2.44. The van der Waals surface area contributed by atoms with Crippen LogP contribution in [0.1, 0.15) is 5.56 Å². The summed E-state index contributed by atoms with van der Waals surface area (Å²) in [5.74, 6) is -0.770. The fourth-order valence-electron chi connectivity index (χ4n) is 1.01. The van der Waals surface area contributed by atoms with Gasteiger partial charge in [-0.05, 0) is 23.8 Å². The molecule has 0 aliphatic heterocycles. The number of halogens is 4. The fourth-order valence-corrected chi connectivity index (χ4v) is 1.17. The van der Waals surface area contributed by atoms with Crippen molar-refractivity contribution in [2.75, 3.05) is 6.61 Å². The smallest absolute Gasteiger partial charge is 0.265 e. The highest BCUT2D eigenvalue weighted by molar-refractivity contribution is 6.76. The third kappa shape index (κ3) is 5.39. The number of ether oxygens (including phenoxy) is 1. The van der Waals surface area contributed by atoms with Gasteiger partial charge in [0.2, 0.25) is 5.90 Å². The van der Waals surface area contributed by atoms with E-state index < -0.39 is 9.69 Å². The molecule has 92 valence electrons. The highest BCUT2D eigenvalue weighted by Crippen LogP contribution is 2.27. The molecule has 0 saturated carbocycles. The number of alkyl halides is 3. The van der Waals surface area contributed by atoms with Crippen molar-refractivity contribution in [2.24, 2.45) is 0 Å². The minimum Gasteiger partial charge on any atom is -0.474 e. The molecule has 0 aliphatic carbocycles. The zero-order chi connectivity index (χ0) is 12.9. The number of rotatable bonds is 3. The van der Waals surface area contributed by atoms with Gasteiger partial charge in [-0.15, -0.1) is 0 Å². The van der Waals surface area contributed by atoms with Crippen molar-refractivity contribution in [2.45, 2.75) is 3.79 Å². The van der Waals surface area contributed by atoms with E-state index in [-0.39, 0.29) is 12.4 Å². The second kappa shape index (κ2) is 6.24. The second-order valence-electron chi connectivity index (χ2n) is 3.10. The van der Waals surface area contributed by atoms with Gasteiger partial charge >= 0.3 is 0 Å². The first-order valence-corrected chi connectivity index (χ1v) is 5.73. The Morgan fingerprint density at radius 2 is 2.12 bits per heavy atom. The highest BCUT2D eigenvalue weighted by atomic mass is 35.6. The zero-order valence-electron chi connectivity index (χ0n) is 8.59. The lowest BCUT2D eigenvalue weighted by Gasteiger charge is -2.11. The van der Waals surface area contributed by atoms with Crippen molar-refractivity contribution < 1.29 is 9.13 Å². The third-order valence-electron chi connectivity index (χ3n) is 1.74. The summed E-state index contributed by atoms with van der Waals surface area (Å²) in [4.78, 5) is 0. The Bertz CT molecular complexity index is 429. The van der Waals surface area contributed by atoms with Crippen LogP contribution in [0.3, 0.4) is 0 Å². The van der Waals surface area contributed by atoms with E-state index in [9.17, 15) is 4.39 Å². The summed E-state index contributed by atoms with van der Waals surface area (Å²) in [7, 11) is 0. The van der Waals surface area contributed by atoms with Gasteiger partial charge in [-0.1, -0.05) is 53.0 Å². The molecule has 0 amide bonds. The van der Waals surface area contributed by atoms with Crippen LogP contribution in [0.5, 0.6) is 0 Å². The van der Waals surface area contributed by atoms with Crippen molar-refractivity contribution in [1.82, 2.24) is 0 Å². The van der Waals surface area contributed by atoms with E-state index >= 15 is 0 Å². The topological polar surface area (TPSA) is 33.1 Å². The Kier molecular flexibility index (Phi) is 5.25. The fraction of sp³-hybridized carbons (Fsp3) is 0.182. The molecule has 0 heterocycles. The summed E-state index contributed by atoms with van der Waals surface area (Å²) in [6.07, 6.45) is 3.24. The van der Waals surface area contributed by atoms with Crippen molar-refractivity contribution in [3.05, 3.63) is 41.7 Å². The molecular weight excluding hydrogens is 287 g/mol. The predicted octanol–water partition coefficient (Wildman–Crippen LogP) is 4.20. The summed E-state index contributed by atoms with van der Waals surface area (Å²) in [6, 6.07) is 6.06. The quantitative estimate of drug-likeness (QED) is 0.506. The van der Waals surface area contributed by atoms with Crippen LogP contribution in [-0.4, -0.2) is 16.3 Å². The lowest BCUT2D eigenvalue weighted by Crippen LogP contribution is -2.21. The van der Waals surface area contributed by atoms with Gasteiger partial charge in [-0.2, -0.15) is 0 Å². The number of hydrogen-bond donors (Lipinski definition) is 1. The molecule has 0 aliphatic rings. The van der Waals surface area contributed by atoms with E-state index in [4.69, 9.17) is 44.9 Å².